The Morgan fingerprint density at radius 3 is 2.06 bits per heavy atom. The van der Waals surface area contributed by atoms with Gasteiger partial charge in [-0.2, -0.15) is 0 Å². The fraction of sp³-hybridized carbons (Fsp3) is 1.00. The van der Waals surface area contributed by atoms with Crippen molar-refractivity contribution in [2.75, 3.05) is 19.8 Å². The van der Waals surface area contributed by atoms with Crippen molar-refractivity contribution in [2.45, 2.75) is 171 Å². The molecule has 52 heavy (non-hydrogen) atoms. The van der Waals surface area contributed by atoms with Crippen LogP contribution in [-0.4, -0.2) is 135 Å². The Kier molecular flexibility index (Phi) is 10.4. The summed E-state index contributed by atoms with van der Waals surface area (Å²) in [6.45, 7) is 9.33. The minimum absolute atomic E-state index is 0.168. The summed E-state index contributed by atoms with van der Waals surface area (Å²) in [6, 6.07) is 0. The first kappa shape index (κ1) is 38.4. The lowest BCUT2D eigenvalue weighted by atomic mass is 9.44. The second-order valence-electron chi connectivity index (χ2n) is 18.7. The Bertz CT molecular complexity index is 1260. The molecule has 8 rings (SSSR count). The molecule has 1 spiro atoms. The van der Waals surface area contributed by atoms with Crippen LogP contribution < -0.4 is 0 Å². The van der Waals surface area contributed by atoms with Crippen LogP contribution >= 0.6 is 0 Å². The highest BCUT2D eigenvalue weighted by atomic mass is 16.8. The standard InChI is InChI=1S/C39H64O13/c1-18-7-12-39(47-17-18)19(2)28-25(52-39)14-24-22-6-5-20-13-21(8-10-37(20,3)23(22)9-11-38(24,28)4)48-36-34(32(45)30(43)27(16-41)50-36)51-35-33(46)31(44)29(42)26(15-40)49-35/h18-36,40-46H,5-17H2,1-4H3/t18-,19+,20-,21+,22-,23+,24+,25+,26+,27+,28+,29+,30-,31-,32-,33+,34-,35-,36+,37-,38-,39+/m0/s1. The average molecular weight is 741 g/mol. The second-order valence-corrected chi connectivity index (χ2v) is 18.7. The molecular formula is C39H64O13. The first-order valence-corrected chi connectivity index (χ1v) is 20.3. The van der Waals surface area contributed by atoms with Gasteiger partial charge in [0.15, 0.2) is 18.4 Å². The van der Waals surface area contributed by atoms with Crippen LogP contribution in [-0.2, 0) is 28.4 Å². The van der Waals surface area contributed by atoms with Crippen molar-refractivity contribution in [2.24, 2.45) is 52.3 Å². The van der Waals surface area contributed by atoms with Crippen LogP contribution in [0, 0.1) is 52.3 Å². The maximum atomic E-state index is 11.1. The minimum Gasteiger partial charge on any atom is -0.394 e. The lowest BCUT2D eigenvalue weighted by molar-refractivity contribution is -0.373. The molecule has 13 nitrogen and oxygen atoms in total. The maximum absolute atomic E-state index is 11.1. The molecule has 13 heteroatoms. The molecular weight excluding hydrogens is 676 g/mol. The van der Waals surface area contributed by atoms with Crippen molar-refractivity contribution >= 4 is 0 Å². The molecule has 0 aromatic carbocycles. The van der Waals surface area contributed by atoms with Crippen LogP contribution in [0.5, 0.6) is 0 Å². The average Bonchev–Trinajstić information content (AvgIpc) is 3.58. The molecule has 4 saturated carbocycles. The van der Waals surface area contributed by atoms with Crippen LogP contribution in [0.3, 0.4) is 0 Å². The van der Waals surface area contributed by atoms with Crippen molar-refractivity contribution in [1.82, 2.24) is 0 Å². The quantitative estimate of drug-likeness (QED) is 0.194. The number of ether oxygens (including phenoxy) is 6. The Balaban J connectivity index is 0.942. The van der Waals surface area contributed by atoms with Gasteiger partial charge in [0.2, 0.25) is 0 Å². The van der Waals surface area contributed by atoms with Crippen molar-refractivity contribution in [3.05, 3.63) is 0 Å². The van der Waals surface area contributed by atoms with Gasteiger partial charge in [0.25, 0.3) is 0 Å². The van der Waals surface area contributed by atoms with E-state index in [1.807, 2.05) is 0 Å². The van der Waals surface area contributed by atoms with E-state index in [4.69, 9.17) is 28.4 Å². The van der Waals surface area contributed by atoms with Gasteiger partial charge in [-0.05, 0) is 104 Å². The Morgan fingerprint density at radius 2 is 1.37 bits per heavy atom. The van der Waals surface area contributed by atoms with Crippen LogP contribution in [0.4, 0.5) is 0 Å². The van der Waals surface area contributed by atoms with Gasteiger partial charge in [-0.3, -0.25) is 0 Å². The molecule has 298 valence electrons. The topological polar surface area (TPSA) is 197 Å². The lowest BCUT2D eigenvalue weighted by Gasteiger charge is -2.61. The van der Waals surface area contributed by atoms with Gasteiger partial charge in [-0.1, -0.05) is 27.7 Å². The third-order valence-corrected chi connectivity index (χ3v) is 16.2. The SMILES string of the molecule is C[C@H]1CC[C@@]2(OC1)O[C@@H]1C[C@@H]3[C@H]4CC[C@H]5C[C@H](O[C@@H]6O[C@H](CO)[C@H](O)[C@H](O)[C@@H]6O[C@@H]6O[C@H](CO)[C@@H](O)[C@H](O)[C@H]6O)CC[C@]5(C)[C@@H]4CC[C@]3(C)[C@@H]1[C@H]2C. The number of hydrogen-bond donors (Lipinski definition) is 7. The Hall–Kier alpha value is -0.520. The van der Waals surface area contributed by atoms with E-state index in [1.54, 1.807) is 0 Å². The molecule has 22 atom stereocenters. The van der Waals surface area contributed by atoms with Crippen LogP contribution in [0.2, 0.25) is 0 Å². The summed E-state index contributed by atoms with van der Waals surface area (Å²) in [6.07, 6.45) is -3.88. The van der Waals surface area contributed by atoms with Gasteiger partial charge >= 0.3 is 0 Å². The number of fused-ring (bicyclic) bond motifs is 7. The van der Waals surface area contributed by atoms with Gasteiger partial charge < -0.3 is 64.2 Å². The monoisotopic (exact) mass is 740 g/mol. The van der Waals surface area contributed by atoms with Crippen LogP contribution in [0.1, 0.15) is 91.9 Å². The number of aliphatic hydroxyl groups is 7. The first-order chi connectivity index (χ1) is 24.7. The third-order valence-electron chi connectivity index (χ3n) is 16.2. The third kappa shape index (κ3) is 5.98. The molecule has 0 aromatic rings. The summed E-state index contributed by atoms with van der Waals surface area (Å²) < 4.78 is 37.5. The Morgan fingerprint density at radius 1 is 0.673 bits per heavy atom. The van der Waals surface area contributed by atoms with E-state index in [0.717, 1.165) is 45.1 Å². The fourth-order valence-electron chi connectivity index (χ4n) is 13.2. The normalized spacial score (nSPS) is 59.0. The maximum Gasteiger partial charge on any atom is 0.187 e. The molecule has 8 aliphatic rings. The zero-order chi connectivity index (χ0) is 36.9. The van der Waals surface area contributed by atoms with Gasteiger partial charge in [-0.15, -0.1) is 0 Å². The molecule has 0 aromatic heterocycles. The molecule has 0 amide bonds. The van der Waals surface area contributed by atoms with Crippen LogP contribution in [0.15, 0.2) is 0 Å². The summed E-state index contributed by atoms with van der Waals surface area (Å²) >= 11 is 0. The van der Waals surface area contributed by atoms with Gasteiger partial charge in [0, 0.05) is 12.3 Å². The zero-order valence-electron chi connectivity index (χ0n) is 31.2. The van der Waals surface area contributed by atoms with E-state index in [0.29, 0.717) is 41.4 Å². The predicted molar refractivity (Wildman–Crippen MR) is 183 cm³/mol. The van der Waals surface area contributed by atoms with Crippen molar-refractivity contribution in [1.29, 1.82) is 0 Å². The zero-order valence-corrected chi connectivity index (χ0v) is 31.2. The molecule has 4 aliphatic carbocycles. The molecule has 0 bridgehead atoms. The molecule has 7 N–H and O–H groups in total. The predicted octanol–water partition coefficient (Wildman–Crippen LogP) is 1.44. The second kappa shape index (κ2) is 14.1. The summed E-state index contributed by atoms with van der Waals surface area (Å²) in [7, 11) is 0. The van der Waals surface area contributed by atoms with Gasteiger partial charge in [-0.25, -0.2) is 0 Å². The molecule has 0 unspecified atom stereocenters. The van der Waals surface area contributed by atoms with Crippen LogP contribution in [0.25, 0.3) is 0 Å². The molecule has 4 saturated heterocycles. The van der Waals surface area contributed by atoms with Gasteiger partial charge in [0.05, 0.1) is 32.0 Å². The lowest BCUT2D eigenvalue weighted by Crippen LogP contribution is -2.65. The smallest absolute Gasteiger partial charge is 0.187 e. The van der Waals surface area contributed by atoms with Gasteiger partial charge in [0.1, 0.15) is 48.8 Å². The summed E-state index contributed by atoms with van der Waals surface area (Å²) in [5.41, 5.74) is 0.425. The van der Waals surface area contributed by atoms with Crippen molar-refractivity contribution in [3.8, 4) is 0 Å². The first-order valence-electron chi connectivity index (χ1n) is 20.3. The van der Waals surface area contributed by atoms with E-state index >= 15 is 0 Å². The number of aliphatic hydroxyl groups excluding tert-OH is 7. The summed E-state index contributed by atoms with van der Waals surface area (Å²) in [5, 5.41) is 72.7. The van der Waals surface area contributed by atoms with E-state index in [-0.39, 0.29) is 23.0 Å². The van der Waals surface area contributed by atoms with E-state index in [2.05, 4.69) is 27.7 Å². The molecule has 4 heterocycles. The summed E-state index contributed by atoms with van der Waals surface area (Å²) in [5.74, 6) is 3.51. The van der Waals surface area contributed by atoms with Crippen molar-refractivity contribution < 1.29 is 64.2 Å². The van der Waals surface area contributed by atoms with E-state index < -0.39 is 80.4 Å². The summed E-state index contributed by atoms with van der Waals surface area (Å²) in [4.78, 5) is 0. The molecule has 4 aliphatic heterocycles. The molecule has 8 fully saturated rings. The largest absolute Gasteiger partial charge is 0.394 e. The molecule has 0 radical (unpaired) electrons. The van der Waals surface area contributed by atoms with E-state index in [1.165, 1.54) is 25.7 Å². The highest BCUT2D eigenvalue weighted by Gasteiger charge is 2.69. The number of hydrogen-bond acceptors (Lipinski definition) is 13. The highest BCUT2D eigenvalue weighted by molar-refractivity contribution is 5.15. The van der Waals surface area contributed by atoms with Crippen molar-refractivity contribution in [3.63, 3.8) is 0 Å². The fourth-order valence-corrected chi connectivity index (χ4v) is 13.2. The van der Waals surface area contributed by atoms with E-state index in [9.17, 15) is 35.7 Å². The highest BCUT2D eigenvalue weighted by Crippen LogP contribution is 2.71. The number of rotatable bonds is 6. The Labute approximate surface area is 307 Å². The minimum atomic E-state index is -1.71.